The lowest BCUT2D eigenvalue weighted by Gasteiger charge is -2.27. The second kappa shape index (κ2) is 6.76. The van der Waals surface area contributed by atoms with Crippen molar-refractivity contribution < 1.29 is 9.47 Å². The molecule has 0 radical (unpaired) electrons. The average Bonchev–Trinajstić information content (AvgIpc) is 2.32. The van der Waals surface area contributed by atoms with Crippen molar-refractivity contribution in [3.63, 3.8) is 0 Å². The van der Waals surface area contributed by atoms with Gasteiger partial charge in [0.1, 0.15) is 5.75 Å². The molecule has 1 rings (SSSR count). The molecule has 0 aliphatic rings. The zero-order chi connectivity index (χ0) is 13.7. The van der Waals surface area contributed by atoms with E-state index in [1.165, 1.54) is 16.7 Å². The van der Waals surface area contributed by atoms with Gasteiger partial charge in [-0.05, 0) is 51.9 Å². The Hall–Kier alpha value is -1.06. The zero-order valence-corrected chi connectivity index (χ0v) is 12.3. The Labute approximate surface area is 110 Å². The lowest BCUT2D eigenvalue weighted by atomic mass is 9.95. The van der Waals surface area contributed by atoms with Gasteiger partial charge < -0.3 is 14.8 Å². The fourth-order valence-corrected chi connectivity index (χ4v) is 2.48. The summed E-state index contributed by atoms with van der Waals surface area (Å²) >= 11 is 0. The second-order valence-electron chi connectivity index (χ2n) is 4.62. The van der Waals surface area contributed by atoms with Crippen molar-refractivity contribution in [2.75, 3.05) is 20.8 Å². The summed E-state index contributed by atoms with van der Waals surface area (Å²) in [6.45, 7) is 9.02. The van der Waals surface area contributed by atoms with Crippen LogP contribution in [0.3, 0.4) is 0 Å². The maximum Gasteiger partial charge on any atom is 0.124 e. The Morgan fingerprint density at radius 3 is 2.44 bits per heavy atom. The summed E-state index contributed by atoms with van der Waals surface area (Å²) in [5.41, 5.74) is 3.64. The molecule has 0 amide bonds. The predicted molar refractivity (Wildman–Crippen MR) is 75.4 cm³/mol. The van der Waals surface area contributed by atoms with Gasteiger partial charge in [0.15, 0.2) is 0 Å². The first-order valence-corrected chi connectivity index (χ1v) is 6.49. The maximum absolute atomic E-state index is 5.72. The van der Waals surface area contributed by atoms with E-state index < -0.39 is 0 Å². The number of ether oxygens (including phenoxy) is 2. The topological polar surface area (TPSA) is 30.5 Å². The molecule has 18 heavy (non-hydrogen) atoms. The minimum Gasteiger partial charge on any atom is -0.496 e. The highest BCUT2D eigenvalue weighted by Crippen LogP contribution is 2.32. The Morgan fingerprint density at radius 2 is 1.94 bits per heavy atom. The standard InChI is InChI=1S/C15H25NO2/c1-7-18-12(4)15(16-5)14-11(3)8-10(2)9-13(14)17-6/h8-9,12,15-16H,7H2,1-6H3. The van der Waals surface area contributed by atoms with Crippen LogP contribution in [0.4, 0.5) is 0 Å². The fraction of sp³-hybridized carbons (Fsp3) is 0.600. The van der Waals surface area contributed by atoms with E-state index in [9.17, 15) is 0 Å². The summed E-state index contributed by atoms with van der Waals surface area (Å²) in [6, 6.07) is 4.40. The molecule has 102 valence electrons. The third-order valence-corrected chi connectivity index (χ3v) is 3.23. The molecule has 0 saturated carbocycles. The highest BCUT2D eigenvalue weighted by atomic mass is 16.5. The summed E-state index contributed by atoms with van der Waals surface area (Å²) in [5.74, 6) is 0.929. The first kappa shape index (κ1) is 15.0. The van der Waals surface area contributed by atoms with Crippen LogP contribution in [-0.2, 0) is 4.74 Å². The van der Waals surface area contributed by atoms with Crippen LogP contribution in [0.15, 0.2) is 12.1 Å². The molecule has 0 fully saturated rings. The van der Waals surface area contributed by atoms with Crippen LogP contribution in [0, 0.1) is 13.8 Å². The summed E-state index contributed by atoms with van der Waals surface area (Å²) in [4.78, 5) is 0. The molecule has 0 spiro atoms. The van der Waals surface area contributed by atoms with E-state index in [1.54, 1.807) is 7.11 Å². The molecule has 1 aromatic carbocycles. The number of methoxy groups -OCH3 is 1. The van der Waals surface area contributed by atoms with Gasteiger partial charge in [-0.15, -0.1) is 0 Å². The molecular formula is C15H25NO2. The highest BCUT2D eigenvalue weighted by molar-refractivity contribution is 5.45. The molecule has 0 saturated heterocycles. The fourth-order valence-electron chi connectivity index (χ4n) is 2.48. The summed E-state index contributed by atoms with van der Waals surface area (Å²) in [6.07, 6.45) is 0.107. The van der Waals surface area contributed by atoms with Gasteiger partial charge in [0, 0.05) is 12.2 Å². The number of nitrogens with one attached hydrogen (secondary N) is 1. The van der Waals surface area contributed by atoms with Gasteiger partial charge in [-0.1, -0.05) is 6.07 Å². The van der Waals surface area contributed by atoms with Gasteiger partial charge in [0.05, 0.1) is 19.3 Å². The Kier molecular flexibility index (Phi) is 5.63. The van der Waals surface area contributed by atoms with Crippen molar-refractivity contribution in [3.8, 4) is 5.75 Å². The summed E-state index contributed by atoms with van der Waals surface area (Å²) in [5, 5.41) is 3.33. The number of likely N-dealkylation sites (N-methyl/N-ethyl adjacent to an activating group) is 1. The van der Waals surface area contributed by atoms with E-state index in [0.717, 1.165) is 5.75 Å². The Morgan fingerprint density at radius 1 is 1.28 bits per heavy atom. The van der Waals surface area contributed by atoms with E-state index in [1.807, 2.05) is 14.0 Å². The van der Waals surface area contributed by atoms with Crippen molar-refractivity contribution in [2.45, 2.75) is 39.8 Å². The Balaban J connectivity index is 3.19. The molecule has 2 unspecified atom stereocenters. The van der Waals surface area contributed by atoms with E-state index >= 15 is 0 Å². The summed E-state index contributed by atoms with van der Waals surface area (Å²) < 4.78 is 11.2. The lowest BCUT2D eigenvalue weighted by Crippen LogP contribution is -2.30. The molecule has 3 nitrogen and oxygen atoms in total. The zero-order valence-electron chi connectivity index (χ0n) is 12.3. The predicted octanol–water partition coefficient (Wildman–Crippen LogP) is 3.00. The SMILES string of the molecule is CCOC(C)C(NC)c1c(C)cc(C)cc1OC. The summed E-state index contributed by atoms with van der Waals surface area (Å²) in [7, 11) is 3.68. The van der Waals surface area contributed by atoms with Crippen molar-refractivity contribution in [3.05, 3.63) is 28.8 Å². The molecule has 1 N–H and O–H groups in total. The molecule has 0 bridgehead atoms. The van der Waals surface area contributed by atoms with Crippen LogP contribution in [0.2, 0.25) is 0 Å². The van der Waals surface area contributed by atoms with Crippen LogP contribution in [0.5, 0.6) is 5.75 Å². The monoisotopic (exact) mass is 251 g/mol. The molecule has 0 aromatic heterocycles. The van der Waals surface area contributed by atoms with Gasteiger partial charge in [-0.3, -0.25) is 0 Å². The van der Waals surface area contributed by atoms with Crippen LogP contribution in [0.1, 0.15) is 36.6 Å². The largest absolute Gasteiger partial charge is 0.496 e. The molecule has 0 aliphatic heterocycles. The molecule has 0 heterocycles. The van der Waals surface area contributed by atoms with Crippen molar-refractivity contribution in [1.29, 1.82) is 0 Å². The van der Waals surface area contributed by atoms with Gasteiger partial charge in [-0.25, -0.2) is 0 Å². The van der Waals surface area contributed by atoms with Crippen LogP contribution >= 0.6 is 0 Å². The van der Waals surface area contributed by atoms with Crippen LogP contribution in [0.25, 0.3) is 0 Å². The maximum atomic E-state index is 5.72. The normalized spacial score (nSPS) is 14.3. The van der Waals surface area contributed by atoms with E-state index in [-0.39, 0.29) is 12.1 Å². The molecule has 3 heteroatoms. The van der Waals surface area contributed by atoms with Gasteiger partial charge >= 0.3 is 0 Å². The molecular weight excluding hydrogens is 226 g/mol. The third-order valence-electron chi connectivity index (χ3n) is 3.23. The number of aryl methyl sites for hydroxylation is 2. The molecule has 2 atom stereocenters. The molecule has 1 aromatic rings. The van der Waals surface area contributed by atoms with Gasteiger partial charge in [0.25, 0.3) is 0 Å². The van der Waals surface area contributed by atoms with Crippen molar-refractivity contribution in [2.24, 2.45) is 0 Å². The first-order valence-electron chi connectivity index (χ1n) is 6.49. The van der Waals surface area contributed by atoms with E-state index in [4.69, 9.17) is 9.47 Å². The number of benzene rings is 1. The third kappa shape index (κ3) is 3.24. The quantitative estimate of drug-likeness (QED) is 0.843. The lowest BCUT2D eigenvalue weighted by molar-refractivity contribution is 0.0485. The number of hydrogen-bond acceptors (Lipinski definition) is 3. The van der Waals surface area contributed by atoms with Gasteiger partial charge in [-0.2, -0.15) is 0 Å². The first-order chi connectivity index (χ1) is 8.54. The van der Waals surface area contributed by atoms with Crippen molar-refractivity contribution >= 4 is 0 Å². The second-order valence-corrected chi connectivity index (χ2v) is 4.62. The number of hydrogen-bond donors (Lipinski definition) is 1. The van der Waals surface area contributed by atoms with E-state index in [2.05, 4.69) is 38.2 Å². The smallest absolute Gasteiger partial charge is 0.124 e. The highest BCUT2D eigenvalue weighted by Gasteiger charge is 2.23. The number of rotatable bonds is 6. The minimum absolute atomic E-state index is 0.107. The van der Waals surface area contributed by atoms with E-state index in [0.29, 0.717) is 6.61 Å². The van der Waals surface area contributed by atoms with Crippen LogP contribution < -0.4 is 10.1 Å². The van der Waals surface area contributed by atoms with Crippen LogP contribution in [-0.4, -0.2) is 26.9 Å². The Bertz CT molecular complexity index is 390. The van der Waals surface area contributed by atoms with Crippen molar-refractivity contribution in [1.82, 2.24) is 5.32 Å². The molecule has 0 aliphatic carbocycles. The minimum atomic E-state index is 0.107. The van der Waals surface area contributed by atoms with Gasteiger partial charge in [0.2, 0.25) is 0 Å². The average molecular weight is 251 g/mol.